The Bertz CT molecular complexity index is 480. The Balaban J connectivity index is 2.48. The van der Waals surface area contributed by atoms with Crippen molar-refractivity contribution in [2.24, 2.45) is 5.41 Å². The van der Waals surface area contributed by atoms with Crippen molar-refractivity contribution in [1.82, 2.24) is 9.97 Å². The van der Waals surface area contributed by atoms with Crippen LogP contribution in [0.5, 0.6) is 0 Å². The normalized spacial score (nSPS) is 12.3. The molecule has 2 aromatic rings. The van der Waals surface area contributed by atoms with E-state index >= 15 is 0 Å². The van der Waals surface area contributed by atoms with E-state index in [2.05, 4.69) is 58.9 Å². The first kappa shape index (κ1) is 10.7. The molecular formula is C12H15BrN2. The predicted molar refractivity (Wildman–Crippen MR) is 67.0 cm³/mol. The molecule has 0 aliphatic rings. The summed E-state index contributed by atoms with van der Waals surface area (Å²) in [6.07, 6.45) is 4.94. The molecule has 0 unspecified atom stereocenters. The third-order valence-electron chi connectivity index (χ3n) is 2.30. The number of nitrogens with one attached hydrogen (secondary N) is 1. The van der Waals surface area contributed by atoms with Crippen LogP contribution in [0.4, 0.5) is 0 Å². The maximum atomic E-state index is 4.33. The number of H-pyrrole nitrogens is 1. The summed E-state index contributed by atoms with van der Waals surface area (Å²) in [5.74, 6) is 0. The summed E-state index contributed by atoms with van der Waals surface area (Å²) >= 11 is 3.45. The van der Waals surface area contributed by atoms with Gasteiger partial charge >= 0.3 is 0 Å². The van der Waals surface area contributed by atoms with Gasteiger partial charge in [-0.1, -0.05) is 20.8 Å². The van der Waals surface area contributed by atoms with E-state index in [1.807, 2.05) is 6.20 Å². The molecule has 2 aromatic heterocycles. The molecule has 0 amide bonds. The van der Waals surface area contributed by atoms with Gasteiger partial charge < -0.3 is 4.98 Å². The minimum absolute atomic E-state index is 0.303. The fourth-order valence-corrected chi connectivity index (χ4v) is 2.08. The Morgan fingerprint density at radius 3 is 2.80 bits per heavy atom. The highest BCUT2D eigenvalue weighted by Gasteiger charge is 2.14. The number of hydrogen-bond acceptors (Lipinski definition) is 1. The van der Waals surface area contributed by atoms with Crippen LogP contribution in [0, 0.1) is 5.41 Å². The van der Waals surface area contributed by atoms with Crippen molar-refractivity contribution in [3.8, 4) is 0 Å². The lowest BCUT2D eigenvalue weighted by Crippen LogP contribution is -2.08. The highest BCUT2D eigenvalue weighted by Crippen LogP contribution is 2.27. The van der Waals surface area contributed by atoms with Crippen LogP contribution < -0.4 is 0 Å². The van der Waals surface area contributed by atoms with E-state index in [1.54, 1.807) is 0 Å². The molecule has 15 heavy (non-hydrogen) atoms. The quantitative estimate of drug-likeness (QED) is 0.833. The molecule has 2 nitrogen and oxygen atoms in total. The number of pyridine rings is 1. The van der Waals surface area contributed by atoms with Gasteiger partial charge in [-0.15, -0.1) is 0 Å². The lowest BCUT2D eigenvalue weighted by Gasteiger charge is -2.17. The predicted octanol–water partition coefficient (Wildman–Crippen LogP) is 3.91. The summed E-state index contributed by atoms with van der Waals surface area (Å²) < 4.78 is 1.03. The fourth-order valence-electron chi connectivity index (χ4n) is 1.75. The van der Waals surface area contributed by atoms with Gasteiger partial charge in [-0.3, -0.25) is 0 Å². The highest BCUT2D eigenvalue weighted by atomic mass is 79.9. The van der Waals surface area contributed by atoms with Crippen LogP contribution in [-0.2, 0) is 6.42 Å². The van der Waals surface area contributed by atoms with E-state index in [0.29, 0.717) is 5.41 Å². The molecule has 2 rings (SSSR count). The van der Waals surface area contributed by atoms with Crippen molar-refractivity contribution in [2.45, 2.75) is 27.2 Å². The van der Waals surface area contributed by atoms with E-state index in [9.17, 15) is 0 Å². The summed E-state index contributed by atoms with van der Waals surface area (Å²) in [6, 6.07) is 2.12. The van der Waals surface area contributed by atoms with Gasteiger partial charge in [-0.25, -0.2) is 4.98 Å². The minimum Gasteiger partial charge on any atom is -0.346 e. The Morgan fingerprint density at radius 1 is 1.40 bits per heavy atom. The summed E-state index contributed by atoms with van der Waals surface area (Å²) in [5.41, 5.74) is 2.61. The number of fused-ring (bicyclic) bond motifs is 1. The standard InChI is InChI=1S/C12H15BrN2/c1-12(2,3)5-8-6-14-11-10(8)4-9(13)7-15-11/h4,6-7H,5H2,1-3H3,(H,14,15). The Morgan fingerprint density at radius 2 is 2.13 bits per heavy atom. The second kappa shape index (κ2) is 3.63. The van der Waals surface area contributed by atoms with Gasteiger partial charge in [0.2, 0.25) is 0 Å². The molecule has 3 heteroatoms. The van der Waals surface area contributed by atoms with E-state index in [1.165, 1.54) is 10.9 Å². The third kappa shape index (κ3) is 2.40. The molecule has 0 saturated carbocycles. The van der Waals surface area contributed by atoms with E-state index in [0.717, 1.165) is 16.5 Å². The lowest BCUT2D eigenvalue weighted by atomic mass is 9.88. The molecule has 80 valence electrons. The molecule has 0 aliphatic carbocycles. The van der Waals surface area contributed by atoms with Crippen LogP contribution in [0.3, 0.4) is 0 Å². The van der Waals surface area contributed by atoms with Crippen molar-refractivity contribution in [3.63, 3.8) is 0 Å². The van der Waals surface area contributed by atoms with Crippen LogP contribution in [0.1, 0.15) is 26.3 Å². The first-order valence-corrected chi connectivity index (χ1v) is 5.86. The monoisotopic (exact) mass is 266 g/mol. The molecule has 0 aliphatic heterocycles. The molecule has 0 aromatic carbocycles. The maximum Gasteiger partial charge on any atom is 0.137 e. The number of halogens is 1. The summed E-state index contributed by atoms with van der Waals surface area (Å²) in [4.78, 5) is 7.53. The van der Waals surface area contributed by atoms with Gasteiger partial charge in [0.25, 0.3) is 0 Å². The number of hydrogen-bond donors (Lipinski definition) is 1. The first-order valence-electron chi connectivity index (χ1n) is 5.07. The summed E-state index contributed by atoms with van der Waals surface area (Å²) in [6.45, 7) is 6.74. The molecule has 2 heterocycles. The van der Waals surface area contributed by atoms with Crippen LogP contribution in [0.2, 0.25) is 0 Å². The molecule has 0 atom stereocenters. The second-order valence-corrected chi connectivity index (χ2v) is 6.02. The van der Waals surface area contributed by atoms with Gasteiger partial charge in [0, 0.05) is 22.3 Å². The smallest absolute Gasteiger partial charge is 0.137 e. The second-order valence-electron chi connectivity index (χ2n) is 5.10. The lowest BCUT2D eigenvalue weighted by molar-refractivity contribution is 0.412. The zero-order chi connectivity index (χ0) is 11.1. The van der Waals surface area contributed by atoms with Gasteiger partial charge in [0.05, 0.1) is 0 Å². The molecule has 1 N–H and O–H groups in total. The summed E-state index contributed by atoms with van der Waals surface area (Å²) in [7, 11) is 0. The number of nitrogens with zero attached hydrogens (tertiary/aromatic N) is 1. The van der Waals surface area contributed by atoms with E-state index < -0.39 is 0 Å². The van der Waals surface area contributed by atoms with Crippen molar-refractivity contribution in [3.05, 3.63) is 28.5 Å². The van der Waals surface area contributed by atoms with Crippen LogP contribution >= 0.6 is 15.9 Å². The highest BCUT2D eigenvalue weighted by molar-refractivity contribution is 9.10. The van der Waals surface area contributed by atoms with Gasteiger partial charge in [0.15, 0.2) is 0 Å². The average molecular weight is 267 g/mol. The van der Waals surface area contributed by atoms with Gasteiger partial charge in [-0.05, 0) is 39.4 Å². The van der Waals surface area contributed by atoms with E-state index in [-0.39, 0.29) is 0 Å². The zero-order valence-corrected chi connectivity index (χ0v) is 10.9. The largest absolute Gasteiger partial charge is 0.346 e. The van der Waals surface area contributed by atoms with Crippen LogP contribution in [-0.4, -0.2) is 9.97 Å². The Kier molecular flexibility index (Phi) is 2.59. The molecule has 0 bridgehead atoms. The van der Waals surface area contributed by atoms with Crippen molar-refractivity contribution in [1.29, 1.82) is 0 Å². The topological polar surface area (TPSA) is 28.7 Å². The third-order valence-corrected chi connectivity index (χ3v) is 2.74. The summed E-state index contributed by atoms with van der Waals surface area (Å²) in [5, 5.41) is 1.22. The van der Waals surface area contributed by atoms with Crippen LogP contribution in [0.15, 0.2) is 22.9 Å². The molecule has 0 spiro atoms. The Hall–Kier alpha value is -0.830. The van der Waals surface area contributed by atoms with Crippen molar-refractivity contribution >= 4 is 27.0 Å². The molecule has 0 fully saturated rings. The maximum absolute atomic E-state index is 4.33. The fraction of sp³-hybridized carbons (Fsp3) is 0.417. The first-order chi connectivity index (χ1) is 6.96. The van der Waals surface area contributed by atoms with Crippen molar-refractivity contribution in [2.75, 3.05) is 0 Å². The zero-order valence-electron chi connectivity index (χ0n) is 9.26. The molecule has 0 radical (unpaired) electrons. The number of aromatic nitrogens is 2. The van der Waals surface area contributed by atoms with E-state index in [4.69, 9.17) is 0 Å². The SMILES string of the molecule is CC(C)(C)Cc1c[nH]c2ncc(Br)cc12. The van der Waals surface area contributed by atoms with Gasteiger partial charge in [0.1, 0.15) is 5.65 Å². The van der Waals surface area contributed by atoms with Crippen LogP contribution in [0.25, 0.3) is 11.0 Å². The minimum atomic E-state index is 0.303. The van der Waals surface area contributed by atoms with Crippen molar-refractivity contribution < 1.29 is 0 Å². The van der Waals surface area contributed by atoms with Gasteiger partial charge in [-0.2, -0.15) is 0 Å². The number of aromatic amines is 1. The molecule has 0 saturated heterocycles. The number of rotatable bonds is 1. The Labute approximate surface area is 98.2 Å². The molecular weight excluding hydrogens is 252 g/mol. The average Bonchev–Trinajstić information content (AvgIpc) is 2.46.